The molecule has 0 fully saturated rings. The van der Waals surface area contributed by atoms with E-state index in [1.54, 1.807) is 12.1 Å². The number of nitrogens with one attached hydrogen (secondary N) is 1. The summed E-state index contributed by atoms with van der Waals surface area (Å²) in [5, 5.41) is 13.9. The number of halogens is 1. The molecular weight excluding hydrogens is 369 g/mol. The van der Waals surface area contributed by atoms with Crippen molar-refractivity contribution < 1.29 is 4.92 Å². The van der Waals surface area contributed by atoms with Gasteiger partial charge in [0.2, 0.25) is 0 Å². The van der Waals surface area contributed by atoms with Crippen molar-refractivity contribution in [2.24, 2.45) is 0 Å². The molecule has 5 nitrogen and oxygen atoms in total. The topological polar surface area (TPSA) is 81.2 Å². The van der Waals surface area contributed by atoms with Gasteiger partial charge >= 0.3 is 0 Å². The monoisotopic (exact) mass is 383 g/mol. The van der Waals surface area contributed by atoms with Gasteiger partial charge in [-0.15, -0.1) is 0 Å². The lowest BCUT2D eigenvalue weighted by Gasteiger charge is -2.08. The molecule has 0 amide bonds. The van der Waals surface area contributed by atoms with Crippen LogP contribution in [0.2, 0.25) is 0 Å². The molecule has 2 rings (SSSR count). The highest BCUT2D eigenvalue weighted by atomic mass is 127. The van der Waals surface area contributed by atoms with Gasteiger partial charge in [0.25, 0.3) is 5.69 Å². The third-order valence-electron chi connectivity index (χ3n) is 2.87. The molecule has 0 saturated heterocycles. The summed E-state index contributed by atoms with van der Waals surface area (Å²) >= 11 is 2.09. The molecule has 2 aromatic rings. The number of hydrogen-bond acceptors (Lipinski definition) is 4. The van der Waals surface area contributed by atoms with Crippen molar-refractivity contribution in [1.29, 1.82) is 0 Å². The maximum absolute atomic E-state index is 10.7. The Kier molecular flexibility index (Phi) is 4.78. The van der Waals surface area contributed by atoms with Gasteiger partial charge in [-0.1, -0.05) is 12.1 Å². The summed E-state index contributed by atoms with van der Waals surface area (Å²) in [6.45, 7) is 0.762. The Hall–Kier alpha value is -1.83. The first-order valence-electron chi connectivity index (χ1n) is 6.08. The Morgan fingerprint density at radius 3 is 2.50 bits per heavy atom. The molecule has 0 radical (unpaired) electrons. The Morgan fingerprint density at radius 1 is 1.20 bits per heavy atom. The second-order valence-corrected chi connectivity index (χ2v) is 5.50. The van der Waals surface area contributed by atoms with Crippen molar-refractivity contribution in [3.05, 3.63) is 61.7 Å². The molecule has 0 aromatic heterocycles. The lowest BCUT2D eigenvalue weighted by atomic mass is 10.1. The number of anilines is 2. The lowest BCUT2D eigenvalue weighted by molar-refractivity contribution is -0.384. The van der Waals surface area contributed by atoms with Gasteiger partial charge in [-0.3, -0.25) is 10.1 Å². The number of non-ortho nitro benzene ring substituents is 1. The molecule has 0 spiro atoms. The zero-order valence-electron chi connectivity index (χ0n) is 10.7. The maximum atomic E-state index is 10.7. The third-order valence-corrected chi connectivity index (χ3v) is 3.76. The van der Waals surface area contributed by atoms with E-state index in [-0.39, 0.29) is 10.6 Å². The summed E-state index contributed by atoms with van der Waals surface area (Å²) in [6, 6.07) is 12.6. The predicted molar refractivity (Wildman–Crippen MR) is 88.9 cm³/mol. The average Bonchev–Trinajstić information content (AvgIpc) is 2.42. The number of nitro benzene ring substituents is 1. The van der Waals surface area contributed by atoms with Crippen LogP contribution in [-0.2, 0) is 6.42 Å². The molecule has 0 aliphatic rings. The van der Waals surface area contributed by atoms with Crippen molar-refractivity contribution in [3.63, 3.8) is 0 Å². The number of nitrogens with two attached hydrogens (primary N) is 1. The normalized spacial score (nSPS) is 10.2. The highest BCUT2D eigenvalue weighted by molar-refractivity contribution is 14.1. The van der Waals surface area contributed by atoms with Gasteiger partial charge in [0.15, 0.2) is 0 Å². The molecule has 3 N–H and O–H groups in total. The number of nitro groups is 1. The molecule has 0 heterocycles. The highest BCUT2D eigenvalue weighted by Gasteiger charge is 2.08. The van der Waals surface area contributed by atoms with Crippen LogP contribution in [0.3, 0.4) is 0 Å². The fourth-order valence-electron chi connectivity index (χ4n) is 1.79. The molecule has 20 heavy (non-hydrogen) atoms. The van der Waals surface area contributed by atoms with Gasteiger partial charge in [0.05, 0.1) is 4.92 Å². The van der Waals surface area contributed by atoms with Gasteiger partial charge in [-0.25, -0.2) is 0 Å². The third kappa shape index (κ3) is 3.83. The van der Waals surface area contributed by atoms with Gasteiger partial charge in [0.1, 0.15) is 0 Å². The van der Waals surface area contributed by atoms with Crippen molar-refractivity contribution in [3.8, 4) is 0 Å². The van der Waals surface area contributed by atoms with Gasteiger partial charge < -0.3 is 11.1 Å². The number of nitrogen functional groups attached to an aromatic ring is 1. The fraction of sp³-hybridized carbons (Fsp3) is 0.143. The van der Waals surface area contributed by atoms with E-state index < -0.39 is 0 Å². The van der Waals surface area contributed by atoms with E-state index in [0.717, 1.165) is 27.9 Å². The van der Waals surface area contributed by atoms with E-state index in [1.165, 1.54) is 11.6 Å². The van der Waals surface area contributed by atoms with Crippen LogP contribution in [0.15, 0.2) is 42.5 Å². The lowest BCUT2D eigenvalue weighted by Crippen LogP contribution is -2.06. The second kappa shape index (κ2) is 6.56. The van der Waals surface area contributed by atoms with E-state index in [4.69, 9.17) is 5.73 Å². The number of hydrogen-bond donors (Lipinski definition) is 2. The minimum atomic E-state index is -0.389. The molecule has 6 heteroatoms. The van der Waals surface area contributed by atoms with Crippen molar-refractivity contribution in [2.45, 2.75) is 6.42 Å². The molecule has 2 aromatic carbocycles. The summed E-state index contributed by atoms with van der Waals surface area (Å²) < 4.78 is 0.842. The molecule has 0 unspecified atom stereocenters. The van der Waals surface area contributed by atoms with E-state index in [9.17, 15) is 10.1 Å². The number of nitrogens with zero attached hydrogens (tertiary/aromatic N) is 1. The maximum Gasteiger partial charge on any atom is 0.270 e. The van der Waals surface area contributed by atoms with Crippen LogP contribution in [0.25, 0.3) is 0 Å². The Labute approximate surface area is 130 Å². The first-order valence-corrected chi connectivity index (χ1v) is 7.16. The predicted octanol–water partition coefficient (Wildman–Crippen LogP) is 3.44. The van der Waals surface area contributed by atoms with Crippen molar-refractivity contribution in [2.75, 3.05) is 17.6 Å². The molecule has 0 saturated carbocycles. The minimum Gasteiger partial charge on any atom is -0.399 e. The minimum absolute atomic E-state index is 0.110. The zero-order chi connectivity index (χ0) is 14.5. The Balaban J connectivity index is 1.94. The molecule has 0 aliphatic carbocycles. The van der Waals surface area contributed by atoms with Crippen LogP contribution in [0.5, 0.6) is 0 Å². The first kappa shape index (κ1) is 14.6. The molecule has 104 valence electrons. The highest BCUT2D eigenvalue weighted by Crippen LogP contribution is 2.23. The second-order valence-electron chi connectivity index (χ2n) is 4.34. The Bertz CT molecular complexity index is 614. The van der Waals surface area contributed by atoms with Crippen LogP contribution < -0.4 is 11.1 Å². The average molecular weight is 383 g/mol. The summed E-state index contributed by atoms with van der Waals surface area (Å²) in [7, 11) is 0. The smallest absolute Gasteiger partial charge is 0.270 e. The van der Waals surface area contributed by atoms with Crippen LogP contribution in [0.1, 0.15) is 5.56 Å². The van der Waals surface area contributed by atoms with Crippen LogP contribution in [0.4, 0.5) is 17.1 Å². The summed E-state index contributed by atoms with van der Waals surface area (Å²) in [5.74, 6) is 0. The van der Waals surface area contributed by atoms with Crippen molar-refractivity contribution in [1.82, 2.24) is 0 Å². The molecule has 0 atom stereocenters. The molecule has 0 aliphatic heterocycles. The van der Waals surface area contributed by atoms with Crippen LogP contribution in [-0.4, -0.2) is 11.5 Å². The zero-order valence-corrected chi connectivity index (χ0v) is 12.8. The van der Waals surface area contributed by atoms with Gasteiger partial charge in [0, 0.05) is 33.6 Å². The van der Waals surface area contributed by atoms with Gasteiger partial charge in [-0.05, 0) is 52.8 Å². The summed E-state index contributed by atoms with van der Waals surface area (Å²) in [5.41, 5.74) is 8.61. The van der Waals surface area contributed by atoms with Crippen molar-refractivity contribution >= 4 is 39.7 Å². The fourth-order valence-corrected chi connectivity index (χ4v) is 2.48. The number of benzene rings is 2. The molecule has 0 bridgehead atoms. The molecular formula is C14H14IN3O2. The number of rotatable bonds is 5. The van der Waals surface area contributed by atoms with Crippen LogP contribution in [0, 0.1) is 13.7 Å². The van der Waals surface area contributed by atoms with E-state index >= 15 is 0 Å². The SMILES string of the molecule is Nc1ccc(CCNc2ccc([N+](=O)[O-])cc2I)cc1. The summed E-state index contributed by atoms with van der Waals surface area (Å²) in [4.78, 5) is 10.3. The van der Waals surface area contributed by atoms with Gasteiger partial charge in [-0.2, -0.15) is 0 Å². The largest absolute Gasteiger partial charge is 0.399 e. The standard InChI is InChI=1S/C14H14IN3O2/c15-13-9-12(18(19)20)5-6-14(13)17-8-7-10-1-3-11(16)4-2-10/h1-6,9,17H,7-8,16H2. The quantitative estimate of drug-likeness (QED) is 0.359. The Morgan fingerprint density at radius 2 is 1.90 bits per heavy atom. The first-order chi connectivity index (χ1) is 9.56. The van der Waals surface area contributed by atoms with E-state index in [2.05, 4.69) is 27.9 Å². The van der Waals surface area contributed by atoms with E-state index in [1.807, 2.05) is 24.3 Å². The van der Waals surface area contributed by atoms with E-state index in [0.29, 0.717) is 0 Å². The summed E-state index contributed by atoms with van der Waals surface area (Å²) in [6.07, 6.45) is 0.868. The van der Waals surface area contributed by atoms with Crippen LogP contribution >= 0.6 is 22.6 Å².